The Bertz CT molecular complexity index is 385. The van der Waals surface area contributed by atoms with E-state index in [-0.39, 0.29) is 17.7 Å². The molecule has 1 heterocycles. The van der Waals surface area contributed by atoms with Crippen LogP contribution in [0.5, 0.6) is 5.75 Å². The second-order valence-electron chi connectivity index (χ2n) is 2.76. The zero-order valence-electron chi connectivity index (χ0n) is 7.46. The molecule has 3 nitrogen and oxygen atoms in total. The maximum atomic E-state index is 12.4. The third-order valence-corrected chi connectivity index (χ3v) is 1.92. The van der Waals surface area contributed by atoms with Gasteiger partial charge in [0.05, 0.1) is 29.9 Å². The summed E-state index contributed by atoms with van der Waals surface area (Å²) in [6, 6.07) is 1.82. The molecule has 0 aliphatic carbocycles. The van der Waals surface area contributed by atoms with Gasteiger partial charge in [-0.3, -0.25) is 4.98 Å². The third-order valence-electron chi connectivity index (χ3n) is 1.92. The number of hydrogen-bond donors (Lipinski definition) is 1. The highest BCUT2D eigenvalue weighted by Gasteiger charge is 2.18. The van der Waals surface area contributed by atoms with E-state index in [1.807, 2.05) is 6.07 Å². The lowest BCUT2D eigenvalue weighted by Crippen LogP contribution is -1.99. The minimum Gasteiger partial charge on any atom is -0.506 e. The molecule has 0 aliphatic rings. The van der Waals surface area contributed by atoms with Crippen LogP contribution in [0.25, 0.3) is 0 Å². The van der Waals surface area contributed by atoms with Crippen LogP contribution in [-0.4, -0.2) is 10.1 Å². The van der Waals surface area contributed by atoms with Gasteiger partial charge in [0, 0.05) is 0 Å². The van der Waals surface area contributed by atoms with Gasteiger partial charge in [0.15, 0.2) is 0 Å². The Hall–Kier alpha value is -1.70. The van der Waals surface area contributed by atoms with Crippen LogP contribution in [0.2, 0.25) is 0 Å². The monoisotopic (exact) mass is 198 g/mol. The molecule has 0 fully saturated rings. The Morgan fingerprint density at radius 3 is 2.79 bits per heavy atom. The van der Waals surface area contributed by atoms with Crippen molar-refractivity contribution >= 4 is 0 Å². The van der Waals surface area contributed by atoms with Crippen LogP contribution in [-0.2, 0) is 6.42 Å². The van der Waals surface area contributed by atoms with Crippen molar-refractivity contribution in [1.82, 2.24) is 4.98 Å². The van der Waals surface area contributed by atoms with Crippen molar-refractivity contribution in [2.45, 2.75) is 19.8 Å². The SMILES string of the molecule is Cc1c(CC#N)ncc(O)c1C(F)F. The second-order valence-corrected chi connectivity index (χ2v) is 2.76. The molecule has 74 valence electrons. The molecule has 0 aromatic carbocycles. The normalized spacial score (nSPS) is 10.2. The lowest BCUT2D eigenvalue weighted by atomic mass is 10.1. The summed E-state index contributed by atoms with van der Waals surface area (Å²) in [5.41, 5.74) is 0.0207. The standard InChI is InChI=1S/C9H8F2N2O/c1-5-6(2-3-12)13-4-7(14)8(5)9(10)11/h4,9,14H,2H2,1H3. The molecule has 0 unspecified atom stereocenters. The van der Waals surface area contributed by atoms with Crippen LogP contribution < -0.4 is 0 Å². The summed E-state index contributed by atoms with van der Waals surface area (Å²) in [4.78, 5) is 3.70. The fourth-order valence-corrected chi connectivity index (χ4v) is 1.18. The Labute approximate surface area is 79.6 Å². The van der Waals surface area contributed by atoms with E-state index in [0.29, 0.717) is 0 Å². The van der Waals surface area contributed by atoms with Gasteiger partial charge in [0.25, 0.3) is 6.43 Å². The summed E-state index contributed by atoms with van der Waals surface area (Å²) >= 11 is 0. The highest BCUT2D eigenvalue weighted by atomic mass is 19.3. The fourth-order valence-electron chi connectivity index (χ4n) is 1.18. The van der Waals surface area contributed by atoms with Gasteiger partial charge in [-0.05, 0) is 12.5 Å². The number of aromatic nitrogens is 1. The molecule has 0 spiro atoms. The molecule has 0 saturated carbocycles. The molecule has 1 rings (SSSR count). The van der Waals surface area contributed by atoms with Gasteiger partial charge in [-0.2, -0.15) is 5.26 Å². The van der Waals surface area contributed by atoms with Crippen molar-refractivity contribution in [2.75, 3.05) is 0 Å². The van der Waals surface area contributed by atoms with E-state index in [1.54, 1.807) is 0 Å². The highest BCUT2D eigenvalue weighted by molar-refractivity contribution is 5.40. The first-order chi connectivity index (χ1) is 6.57. The Morgan fingerprint density at radius 2 is 2.29 bits per heavy atom. The van der Waals surface area contributed by atoms with Gasteiger partial charge < -0.3 is 5.11 Å². The molecule has 1 aromatic rings. The van der Waals surface area contributed by atoms with E-state index >= 15 is 0 Å². The van der Waals surface area contributed by atoms with E-state index in [2.05, 4.69) is 4.98 Å². The highest BCUT2D eigenvalue weighted by Crippen LogP contribution is 2.31. The Morgan fingerprint density at radius 1 is 1.64 bits per heavy atom. The first kappa shape index (κ1) is 10.4. The van der Waals surface area contributed by atoms with Crippen molar-refractivity contribution in [3.05, 3.63) is 23.0 Å². The summed E-state index contributed by atoms with van der Waals surface area (Å²) in [5.74, 6) is -0.529. The van der Waals surface area contributed by atoms with Crippen LogP contribution in [0.15, 0.2) is 6.20 Å². The predicted octanol–water partition coefficient (Wildman–Crippen LogP) is 2.10. The lowest BCUT2D eigenvalue weighted by Gasteiger charge is -2.09. The smallest absolute Gasteiger partial charge is 0.267 e. The number of nitrogens with zero attached hydrogens (tertiary/aromatic N) is 2. The maximum absolute atomic E-state index is 12.4. The van der Waals surface area contributed by atoms with Crippen LogP contribution in [0.4, 0.5) is 8.78 Å². The quantitative estimate of drug-likeness (QED) is 0.791. The van der Waals surface area contributed by atoms with Crippen LogP contribution in [0.3, 0.4) is 0 Å². The molecule has 14 heavy (non-hydrogen) atoms. The second kappa shape index (κ2) is 4.01. The molecule has 5 heteroatoms. The molecule has 0 saturated heterocycles. The molecule has 0 amide bonds. The average Bonchev–Trinajstić information content (AvgIpc) is 2.10. The summed E-state index contributed by atoms with van der Waals surface area (Å²) < 4.78 is 24.9. The van der Waals surface area contributed by atoms with E-state index in [0.717, 1.165) is 6.20 Å². The van der Waals surface area contributed by atoms with E-state index in [9.17, 15) is 8.78 Å². The molecule has 0 bridgehead atoms. The van der Waals surface area contributed by atoms with Gasteiger partial charge in [-0.25, -0.2) is 8.78 Å². The summed E-state index contributed by atoms with van der Waals surface area (Å²) in [5, 5.41) is 17.5. The average molecular weight is 198 g/mol. The van der Waals surface area contributed by atoms with E-state index in [1.165, 1.54) is 6.92 Å². The molecule has 0 aliphatic heterocycles. The van der Waals surface area contributed by atoms with Crippen LogP contribution in [0, 0.1) is 18.3 Å². The summed E-state index contributed by atoms with van der Waals surface area (Å²) in [7, 11) is 0. The first-order valence-electron chi connectivity index (χ1n) is 3.90. The number of hydrogen-bond acceptors (Lipinski definition) is 3. The van der Waals surface area contributed by atoms with Gasteiger partial charge in [0.1, 0.15) is 5.75 Å². The lowest BCUT2D eigenvalue weighted by molar-refractivity contribution is 0.146. The van der Waals surface area contributed by atoms with Crippen molar-refractivity contribution in [2.24, 2.45) is 0 Å². The van der Waals surface area contributed by atoms with Gasteiger partial charge in [-0.1, -0.05) is 0 Å². The van der Waals surface area contributed by atoms with Gasteiger partial charge >= 0.3 is 0 Å². The van der Waals surface area contributed by atoms with Crippen LogP contribution in [0.1, 0.15) is 23.2 Å². The molecular weight excluding hydrogens is 190 g/mol. The minimum atomic E-state index is -2.75. The van der Waals surface area contributed by atoms with Crippen molar-refractivity contribution in [3.8, 4) is 11.8 Å². The minimum absolute atomic E-state index is 0.0359. The number of pyridine rings is 1. The Kier molecular flexibility index (Phi) is 2.97. The number of nitriles is 1. The summed E-state index contributed by atoms with van der Waals surface area (Å²) in [6.07, 6.45) is -1.84. The number of aromatic hydroxyl groups is 1. The van der Waals surface area contributed by atoms with Gasteiger partial charge in [-0.15, -0.1) is 0 Å². The Balaban J connectivity index is 3.28. The topological polar surface area (TPSA) is 56.9 Å². The molecule has 1 aromatic heterocycles. The van der Waals surface area contributed by atoms with Crippen molar-refractivity contribution < 1.29 is 13.9 Å². The summed E-state index contributed by atoms with van der Waals surface area (Å²) in [6.45, 7) is 1.42. The largest absolute Gasteiger partial charge is 0.506 e. The third kappa shape index (κ3) is 1.79. The zero-order chi connectivity index (χ0) is 10.7. The fraction of sp³-hybridized carbons (Fsp3) is 0.333. The number of halogens is 2. The predicted molar refractivity (Wildman–Crippen MR) is 44.9 cm³/mol. The first-order valence-corrected chi connectivity index (χ1v) is 3.90. The number of rotatable bonds is 2. The van der Waals surface area contributed by atoms with E-state index < -0.39 is 17.7 Å². The molecular formula is C9H8F2N2O. The van der Waals surface area contributed by atoms with Crippen molar-refractivity contribution in [3.63, 3.8) is 0 Å². The maximum Gasteiger partial charge on any atom is 0.267 e. The van der Waals surface area contributed by atoms with Crippen LogP contribution >= 0.6 is 0 Å². The molecule has 0 atom stereocenters. The number of alkyl halides is 2. The van der Waals surface area contributed by atoms with E-state index in [4.69, 9.17) is 10.4 Å². The van der Waals surface area contributed by atoms with Crippen molar-refractivity contribution in [1.29, 1.82) is 5.26 Å². The zero-order valence-corrected chi connectivity index (χ0v) is 7.46. The molecule has 0 radical (unpaired) electrons. The molecule has 1 N–H and O–H groups in total. The van der Waals surface area contributed by atoms with Gasteiger partial charge in [0.2, 0.25) is 0 Å².